The molecule has 3 rings (SSSR count). The topological polar surface area (TPSA) is 59.5 Å². The number of hydrogen-bond donors (Lipinski definition) is 1. The molecule has 2 heterocycles. The number of nitrogen functional groups attached to an aromatic ring is 1. The zero-order valence-corrected chi connectivity index (χ0v) is 14.1. The number of amides is 1. The highest BCUT2D eigenvalue weighted by molar-refractivity contribution is 6.33. The van der Waals surface area contributed by atoms with Crippen LogP contribution in [0.15, 0.2) is 34.7 Å². The van der Waals surface area contributed by atoms with Gasteiger partial charge in [0.25, 0.3) is 5.91 Å². The van der Waals surface area contributed by atoms with Crippen LogP contribution in [0.3, 0.4) is 0 Å². The maximum absolute atomic E-state index is 12.8. The van der Waals surface area contributed by atoms with Crippen LogP contribution in [0.4, 0.5) is 5.69 Å². The van der Waals surface area contributed by atoms with Crippen molar-refractivity contribution in [2.24, 2.45) is 0 Å². The minimum Gasteiger partial charge on any atom is -0.451 e. The Kier molecular flexibility index (Phi) is 4.35. The van der Waals surface area contributed by atoms with E-state index in [1.807, 2.05) is 4.90 Å². The lowest BCUT2D eigenvalue weighted by Gasteiger charge is -2.38. The standard InChI is InChI=1S/C18H21ClN2O2/c1-11-4-3-5-12(2)21(11)18(22)17-9-8-16(23-17)14-7-6-13(20)10-15(14)19/h6-12H,3-5,20H2,1-2H3/t11-,12-/m0/s1. The zero-order valence-electron chi connectivity index (χ0n) is 13.4. The lowest BCUT2D eigenvalue weighted by Crippen LogP contribution is -2.47. The molecule has 2 atom stereocenters. The van der Waals surface area contributed by atoms with Crippen molar-refractivity contribution in [2.45, 2.75) is 45.2 Å². The summed E-state index contributed by atoms with van der Waals surface area (Å²) in [6.45, 7) is 4.18. The molecule has 0 radical (unpaired) electrons. The molecule has 1 aromatic carbocycles. The molecule has 0 unspecified atom stereocenters. The van der Waals surface area contributed by atoms with Gasteiger partial charge in [-0.2, -0.15) is 0 Å². The van der Waals surface area contributed by atoms with Gasteiger partial charge in [-0.25, -0.2) is 0 Å². The normalized spacial score (nSPS) is 21.4. The molecule has 1 aliphatic rings. The average Bonchev–Trinajstić information content (AvgIpc) is 2.96. The second kappa shape index (κ2) is 6.28. The SMILES string of the molecule is C[C@H]1CCC[C@H](C)N1C(=O)c1ccc(-c2ccc(N)cc2Cl)o1. The number of hydrogen-bond acceptors (Lipinski definition) is 3. The fraction of sp³-hybridized carbons (Fsp3) is 0.389. The van der Waals surface area contributed by atoms with Crippen molar-refractivity contribution in [3.8, 4) is 11.3 Å². The first-order chi connectivity index (χ1) is 11.0. The first-order valence-corrected chi connectivity index (χ1v) is 8.33. The average molecular weight is 333 g/mol. The lowest BCUT2D eigenvalue weighted by atomic mass is 9.97. The van der Waals surface area contributed by atoms with Crippen molar-refractivity contribution < 1.29 is 9.21 Å². The van der Waals surface area contributed by atoms with E-state index < -0.39 is 0 Å². The quantitative estimate of drug-likeness (QED) is 0.818. The third-order valence-electron chi connectivity index (χ3n) is 4.50. The molecule has 1 amide bonds. The number of halogens is 1. The summed E-state index contributed by atoms with van der Waals surface area (Å²) in [7, 11) is 0. The molecule has 122 valence electrons. The Morgan fingerprint density at radius 2 is 1.91 bits per heavy atom. The monoisotopic (exact) mass is 332 g/mol. The summed E-state index contributed by atoms with van der Waals surface area (Å²) in [5, 5.41) is 0.512. The number of nitrogens with two attached hydrogens (primary N) is 1. The summed E-state index contributed by atoms with van der Waals surface area (Å²) in [5.41, 5.74) is 7.04. The van der Waals surface area contributed by atoms with Gasteiger partial charge in [0.2, 0.25) is 0 Å². The van der Waals surface area contributed by atoms with Crippen LogP contribution in [0.2, 0.25) is 5.02 Å². The molecule has 2 N–H and O–H groups in total. The van der Waals surface area contributed by atoms with E-state index in [4.69, 9.17) is 21.8 Å². The number of anilines is 1. The Labute approximate surface area is 141 Å². The molecule has 2 aromatic rings. The highest BCUT2D eigenvalue weighted by Gasteiger charge is 2.31. The van der Waals surface area contributed by atoms with Crippen LogP contribution in [0, 0.1) is 0 Å². The Balaban J connectivity index is 1.88. The number of piperidine rings is 1. The van der Waals surface area contributed by atoms with Crippen LogP contribution in [-0.4, -0.2) is 22.9 Å². The van der Waals surface area contributed by atoms with E-state index >= 15 is 0 Å². The van der Waals surface area contributed by atoms with Crippen molar-refractivity contribution in [1.29, 1.82) is 0 Å². The minimum atomic E-state index is -0.0532. The third kappa shape index (κ3) is 3.08. The molecule has 1 saturated heterocycles. The van der Waals surface area contributed by atoms with Gasteiger partial charge in [0, 0.05) is 23.3 Å². The van der Waals surface area contributed by atoms with Crippen molar-refractivity contribution >= 4 is 23.2 Å². The summed E-state index contributed by atoms with van der Waals surface area (Å²) in [5.74, 6) is 0.881. The smallest absolute Gasteiger partial charge is 0.290 e. The van der Waals surface area contributed by atoms with Crippen LogP contribution in [0.5, 0.6) is 0 Å². The van der Waals surface area contributed by atoms with Crippen LogP contribution in [-0.2, 0) is 0 Å². The fourth-order valence-corrected chi connectivity index (χ4v) is 3.56. The molecule has 0 spiro atoms. The lowest BCUT2D eigenvalue weighted by molar-refractivity contribution is 0.0479. The Morgan fingerprint density at radius 3 is 2.57 bits per heavy atom. The summed E-state index contributed by atoms with van der Waals surface area (Å²) >= 11 is 6.21. The first kappa shape index (κ1) is 15.9. The highest BCUT2D eigenvalue weighted by Crippen LogP contribution is 2.32. The van der Waals surface area contributed by atoms with Crippen molar-refractivity contribution in [3.05, 3.63) is 41.1 Å². The molecular formula is C18H21ClN2O2. The van der Waals surface area contributed by atoms with Gasteiger partial charge in [-0.3, -0.25) is 4.79 Å². The zero-order chi connectivity index (χ0) is 16.6. The molecule has 1 aliphatic heterocycles. The van der Waals surface area contributed by atoms with Gasteiger partial charge in [-0.05, 0) is 63.4 Å². The molecule has 0 saturated carbocycles. The van der Waals surface area contributed by atoms with Gasteiger partial charge in [0.1, 0.15) is 5.76 Å². The first-order valence-electron chi connectivity index (χ1n) is 7.95. The van der Waals surface area contributed by atoms with E-state index in [9.17, 15) is 4.79 Å². The number of rotatable bonds is 2. The largest absolute Gasteiger partial charge is 0.451 e. The van der Waals surface area contributed by atoms with Gasteiger partial charge < -0.3 is 15.1 Å². The molecular weight excluding hydrogens is 312 g/mol. The minimum absolute atomic E-state index is 0.0532. The van der Waals surface area contributed by atoms with Gasteiger partial charge in [-0.1, -0.05) is 11.6 Å². The van der Waals surface area contributed by atoms with Crippen molar-refractivity contribution in [1.82, 2.24) is 4.90 Å². The summed E-state index contributed by atoms with van der Waals surface area (Å²) in [6, 6.07) is 9.22. The molecule has 1 fully saturated rings. The predicted molar refractivity (Wildman–Crippen MR) is 92.5 cm³/mol. The Bertz CT molecular complexity index is 716. The maximum Gasteiger partial charge on any atom is 0.290 e. The van der Waals surface area contributed by atoms with Crippen LogP contribution >= 0.6 is 11.6 Å². The van der Waals surface area contributed by atoms with Gasteiger partial charge in [0.15, 0.2) is 5.76 Å². The third-order valence-corrected chi connectivity index (χ3v) is 4.82. The number of furan rings is 1. The second-order valence-corrected chi connectivity index (χ2v) is 6.65. The maximum atomic E-state index is 12.8. The molecule has 5 heteroatoms. The molecule has 0 bridgehead atoms. The van der Waals surface area contributed by atoms with E-state index in [-0.39, 0.29) is 18.0 Å². The summed E-state index contributed by atoms with van der Waals surface area (Å²) in [4.78, 5) is 14.7. The number of carbonyl (C=O) groups is 1. The van der Waals surface area contributed by atoms with Crippen LogP contribution < -0.4 is 5.73 Å². The number of carbonyl (C=O) groups excluding carboxylic acids is 1. The van der Waals surface area contributed by atoms with E-state index in [2.05, 4.69) is 13.8 Å². The number of nitrogens with zero attached hydrogens (tertiary/aromatic N) is 1. The second-order valence-electron chi connectivity index (χ2n) is 6.24. The fourth-order valence-electron chi connectivity index (χ4n) is 3.28. The Morgan fingerprint density at radius 1 is 1.22 bits per heavy atom. The summed E-state index contributed by atoms with van der Waals surface area (Å²) < 4.78 is 5.79. The van der Waals surface area contributed by atoms with Crippen LogP contribution in [0.1, 0.15) is 43.7 Å². The Hall–Kier alpha value is -1.94. The molecule has 23 heavy (non-hydrogen) atoms. The molecule has 1 aromatic heterocycles. The van der Waals surface area contributed by atoms with E-state index in [0.717, 1.165) is 24.8 Å². The van der Waals surface area contributed by atoms with Gasteiger partial charge in [0.05, 0.1) is 5.02 Å². The van der Waals surface area contributed by atoms with E-state index in [0.29, 0.717) is 22.2 Å². The molecule has 4 nitrogen and oxygen atoms in total. The van der Waals surface area contributed by atoms with Crippen molar-refractivity contribution in [2.75, 3.05) is 5.73 Å². The number of benzene rings is 1. The highest BCUT2D eigenvalue weighted by atomic mass is 35.5. The predicted octanol–water partition coefficient (Wildman–Crippen LogP) is 4.59. The summed E-state index contributed by atoms with van der Waals surface area (Å²) in [6.07, 6.45) is 3.23. The van der Waals surface area contributed by atoms with Gasteiger partial charge >= 0.3 is 0 Å². The van der Waals surface area contributed by atoms with E-state index in [1.54, 1.807) is 30.3 Å². The van der Waals surface area contributed by atoms with E-state index in [1.165, 1.54) is 0 Å². The van der Waals surface area contributed by atoms with Crippen molar-refractivity contribution in [3.63, 3.8) is 0 Å². The van der Waals surface area contributed by atoms with Crippen LogP contribution in [0.25, 0.3) is 11.3 Å². The molecule has 0 aliphatic carbocycles. The number of likely N-dealkylation sites (tertiary alicyclic amines) is 1. The van der Waals surface area contributed by atoms with Gasteiger partial charge in [-0.15, -0.1) is 0 Å².